The van der Waals surface area contributed by atoms with Gasteiger partial charge >= 0.3 is 0 Å². The molecule has 6 heteroatoms. The highest BCUT2D eigenvalue weighted by atomic mass is 32.1. The van der Waals surface area contributed by atoms with Crippen molar-refractivity contribution in [3.63, 3.8) is 0 Å². The molecule has 0 atom stereocenters. The van der Waals surface area contributed by atoms with Crippen molar-refractivity contribution in [3.8, 4) is 11.5 Å². The SMILES string of the molecule is COc1cccc(C(=O)N(Cc2ccccc2)c2nc3cc(OC)ccc3s2)c1. The lowest BCUT2D eigenvalue weighted by Crippen LogP contribution is -2.30. The molecule has 0 unspecified atom stereocenters. The monoisotopic (exact) mass is 404 g/mol. The first-order chi connectivity index (χ1) is 14.2. The third kappa shape index (κ3) is 4.07. The highest BCUT2D eigenvalue weighted by molar-refractivity contribution is 7.22. The Morgan fingerprint density at radius 3 is 2.45 bits per heavy atom. The van der Waals surface area contributed by atoms with Crippen LogP contribution in [0.2, 0.25) is 0 Å². The van der Waals surface area contributed by atoms with Gasteiger partial charge in [0, 0.05) is 11.6 Å². The van der Waals surface area contributed by atoms with Crippen LogP contribution in [0.5, 0.6) is 11.5 Å². The zero-order valence-corrected chi connectivity index (χ0v) is 17.0. The lowest BCUT2D eigenvalue weighted by Gasteiger charge is -2.20. The molecule has 4 aromatic rings. The second-order valence-corrected chi connectivity index (χ2v) is 7.45. The number of amides is 1. The molecule has 0 bridgehead atoms. The second kappa shape index (κ2) is 8.32. The summed E-state index contributed by atoms with van der Waals surface area (Å²) in [7, 11) is 3.22. The minimum Gasteiger partial charge on any atom is -0.497 e. The average Bonchev–Trinajstić information content (AvgIpc) is 3.20. The largest absolute Gasteiger partial charge is 0.497 e. The standard InChI is InChI=1S/C23H20N2O3S/c1-27-18-10-6-9-17(13-18)22(26)25(15-16-7-4-3-5-8-16)23-24-20-14-19(28-2)11-12-21(20)29-23/h3-14H,15H2,1-2H3. The molecule has 0 fully saturated rings. The Morgan fingerprint density at radius 2 is 1.69 bits per heavy atom. The highest BCUT2D eigenvalue weighted by Gasteiger charge is 2.22. The number of hydrogen-bond donors (Lipinski definition) is 0. The molecule has 4 rings (SSSR count). The van der Waals surface area contributed by atoms with E-state index in [4.69, 9.17) is 14.5 Å². The van der Waals surface area contributed by atoms with Crippen molar-refractivity contribution >= 4 is 32.6 Å². The van der Waals surface area contributed by atoms with Crippen LogP contribution in [0.3, 0.4) is 0 Å². The zero-order valence-electron chi connectivity index (χ0n) is 16.2. The zero-order chi connectivity index (χ0) is 20.2. The highest BCUT2D eigenvalue weighted by Crippen LogP contribution is 2.33. The molecule has 1 aromatic heterocycles. The molecule has 0 radical (unpaired) electrons. The number of nitrogens with zero attached hydrogens (tertiary/aromatic N) is 2. The van der Waals surface area contributed by atoms with Gasteiger partial charge in [0.15, 0.2) is 5.13 Å². The second-order valence-electron chi connectivity index (χ2n) is 6.44. The van der Waals surface area contributed by atoms with Crippen molar-refractivity contribution in [1.29, 1.82) is 0 Å². The molecular formula is C23H20N2O3S. The van der Waals surface area contributed by atoms with Gasteiger partial charge in [-0.15, -0.1) is 0 Å². The van der Waals surface area contributed by atoms with Crippen LogP contribution in [-0.4, -0.2) is 25.1 Å². The van der Waals surface area contributed by atoms with Crippen molar-refractivity contribution in [2.45, 2.75) is 6.54 Å². The van der Waals surface area contributed by atoms with Gasteiger partial charge in [-0.05, 0) is 35.9 Å². The summed E-state index contributed by atoms with van der Waals surface area (Å²) < 4.78 is 11.6. The first kappa shape index (κ1) is 19.0. The lowest BCUT2D eigenvalue weighted by atomic mass is 10.1. The number of carbonyl (C=O) groups is 1. The van der Waals surface area contributed by atoms with E-state index in [9.17, 15) is 4.79 Å². The summed E-state index contributed by atoms with van der Waals surface area (Å²) in [6, 6.07) is 22.8. The average molecular weight is 404 g/mol. The maximum Gasteiger partial charge on any atom is 0.260 e. The fourth-order valence-electron chi connectivity index (χ4n) is 3.04. The van der Waals surface area contributed by atoms with Gasteiger partial charge in [0.1, 0.15) is 11.5 Å². The predicted molar refractivity (Wildman–Crippen MR) is 116 cm³/mol. The van der Waals surface area contributed by atoms with Crippen LogP contribution in [0.4, 0.5) is 5.13 Å². The smallest absolute Gasteiger partial charge is 0.260 e. The maximum atomic E-state index is 13.4. The van der Waals surface area contributed by atoms with Crippen LogP contribution >= 0.6 is 11.3 Å². The summed E-state index contributed by atoms with van der Waals surface area (Å²) >= 11 is 1.48. The van der Waals surface area contributed by atoms with Crippen molar-refractivity contribution in [1.82, 2.24) is 4.98 Å². The molecule has 1 heterocycles. The molecule has 5 nitrogen and oxygen atoms in total. The van der Waals surface area contributed by atoms with E-state index in [2.05, 4.69) is 0 Å². The molecule has 0 aliphatic carbocycles. The first-order valence-corrected chi connectivity index (χ1v) is 9.94. The molecule has 0 saturated heterocycles. The van der Waals surface area contributed by atoms with E-state index in [1.165, 1.54) is 11.3 Å². The van der Waals surface area contributed by atoms with E-state index >= 15 is 0 Å². The van der Waals surface area contributed by atoms with Gasteiger partial charge in [-0.1, -0.05) is 47.7 Å². The lowest BCUT2D eigenvalue weighted by molar-refractivity contribution is 0.0985. The van der Waals surface area contributed by atoms with E-state index < -0.39 is 0 Å². The van der Waals surface area contributed by atoms with Gasteiger partial charge in [0.2, 0.25) is 0 Å². The Hall–Kier alpha value is -3.38. The number of methoxy groups -OCH3 is 2. The Balaban J connectivity index is 1.76. The molecule has 0 aliphatic heterocycles. The van der Waals surface area contributed by atoms with E-state index in [-0.39, 0.29) is 5.91 Å². The van der Waals surface area contributed by atoms with Crippen molar-refractivity contribution in [2.75, 3.05) is 19.1 Å². The minimum absolute atomic E-state index is 0.126. The van der Waals surface area contributed by atoms with Crippen LogP contribution in [0.25, 0.3) is 10.2 Å². The van der Waals surface area contributed by atoms with Gasteiger partial charge in [0.25, 0.3) is 5.91 Å². The van der Waals surface area contributed by atoms with E-state index in [1.807, 2.05) is 60.7 Å². The third-order valence-electron chi connectivity index (χ3n) is 4.56. The number of anilines is 1. The molecule has 0 saturated carbocycles. The Morgan fingerprint density at radius 1 is 0.931 bits per heavy atom. The number of aromatic nitrogens is 1. The summed E-state index contributed by atoms with van der Waals surface area (Å²) in [4.78, 5) is 19.9. The Labute approximate surface area is 173 Å². The van der Waals surface area contributed by atoms with Crippen molar-refractivity contribution in [2.24, 2.45) is 0 Å². The molecule has 1 amide bonds. The van der Waals surface area contributed by atoms with E-state index in [1.54, 1.807) is 31.3 Å². The summed E-state index contributed by atoms with van der Waals surface area (Å²) in [5, 5.41) is 0.643. The van der Waals surface area contributed by atoms with E-state index in [0.717, 1.165) is 21.5 Å². The summed E-state index contributed by atoms with van der Waals surface area (Å²) in [6.07, 6.45) is 0. The fraction of sp³-hybridized carbons (Fsp3) is 0.130. The topological polar surface area (TPSA) is 51.7 Å². The molecule has 146 valence electrons. The van der Waals surface area contributed by atoms with Crippen LogP contribution in [0.1, 0.15) is 15.9 Å². The number of ether oxygens (including phenoxy) is 2. The first-order valence-electron chi connectivity index (χ1n) is 9.12. The summed E-state index contributed by atoms with van der Waals surface area (Å²) in [5.41, 5.74) is 2.39. The summed E-state index contributed by atoms with van der Waals surface area (Å²) in [6.45, 7) is 0.424. The number of fused-ring (bicyclic) bond motifs is 1. The maximum absolute atomic E-state index is 13.4. The van der Waals surface area contributed by atoms with Crippen LogP contribution < -0.4 is 14.4 Å². The van der Waals surface area contributed by atoms with Crippen LogP contribution in [0.15, 0.2) is 72.8 Å². The molecular weight excluding hydrogens is 384 g/mol. The third-order valence-corrected chi connectivity index (χ3v) is 5.62. The molecule has 29 heavy (non-hydrogen) atoms. The number of thiazole rings is 1. The number of rotatable bonds is 6. The van der Waals surface area contributed by atoms with Gasteiger partial charge < -0.3 is 9.47 Å². The van der Waals surface area contributed by atoms with E-state index in [0.29, 0.717) is 23.0 Å². The molecule has 0 aliphatic rings. The number of carbonyl (C=O) groups excluding carboxylic acids is 1. The molecule has 0 N–H and O–H groups in total. The van der Waals surface area contributed by atoms with Gasteiger partial charge in [-0.2, -0.15) is 0 Å². The van der Waals surface area contributed by atoms with Crippen molar-refractivity contribution in [3.05, 3.63) is 83.9 Å². The van der Waals surface area contributed by atoms with Crippen molar-refractivity contribution < 1.29 is 14.3 Å². The molecule has 0 spiro atoms. The molecule has 3 aromatic carbocycles. The number of benzene rings is 3. The summed E-state index contributed by atoms with van der Waals surface area (Å²) in [5.74, 6) is 1.26. The quantitative estimate of drug-likeness (QED) is 0.445. The van der Waals surface area contributed by atoms with Crippen LogP contribution in [0, 0.1) is 0 Å². The fourth-order valence-corrected chi connectivity index (χ4v) is 3.99. The van der Waals surface area contributed by atoms with Crippen LogP contribution in [-0.2, 0) is 6.54 Å². The minimum atomic E-state index is -0.126. The van der Waals surface area contributed by atoms with Gasteiger partial charge in [-0.25, -0.2) is 4.98 Å². The normalized spacial score (nSPS) is 10.7. The number of hydrogen-bond acceptors (Lipinski definition) is 5. The Kier molecular flexibility index (Phi) is 5.44. The van der Waals surface area contributed by atoms with Gasteiger partial charge in [-0.3, -0.25) is 9.69 Å². The Bertz CT molecular complexity index is 1140. The predicted octanol–water partition coefficient (Wildman–Crippen LogP) is 5.16. The van der Waals surface area contributed by atoms with Gasteiger partial charge in [0.05, 0.1) is 31.0 Å².